The number of hydrogen-bond donors (Lipinski definition) is 6. The number of carbonyl (C=O) groups excluding carboxylic acids is 6. The summed E-state index contributed by atoms with van der Waals surface area (Å²) in [6, 6.07) is 12.0. The van der Waals surface area contributed by atoms with Gasteiger partial charge in [0.2, 0.25) is 17.7 Å². The van der Waals surface area contributed by atoms with Crippen LogP contribution in [0.4, 0.5) is 22.9 Å². The molecule has 6 amide bonds. The third-order valence-electron chi connectivity index (χ3n) is 11.3. The fourth-order valence-electron chi connectivity index (χ4n) is 8.22. The van der Waals surface area contributed by atoms with E-state index in [2.05, 4.69) is 41.9 Å². The van der Waals surface area contributed by atoms with Crippen molar-refractivity contribution in [1.82, 2.24) is 30.8 Å². The van der Waals surface area contributed by atoms with Crippen molar-refractivity contribution < 1.29 is 28.8 Å². The van der Waals surface area contributed by atoms with Gasteiger partial charge in [-0.05, 0) is 87.8 Å². The number of hydrogen-bond acceptors (Lipinski definition) is 12. The first-order valence-corrected chi connectivity index (χ1v) is 20.6. The number of benzene rings is 2. The molecular formula is C41H45N9O6S. The van der Waals surface area contributed by atoms with E-state index in [4.69, 9.17) is 0 Å². The zero-order chi connectivity index (χ0) is 39.5. The second-order valence-electron chi connectivity index (χ2n) is 15.2. The first-order valence-electron chi connectivity index (χ1n) is 19.7. The summed E-state index contributed by atoms with van der Waals surface area (Å²) in [5.74, 6) is -1.83. The van der Waals surface area contributed by atoms with E-state index < -0.39 is 29.7 Å². The van der Waals surface area contributed by atoms with E-state index in [1.54, 1.807) is 35.7 Å². The summed E-state index contributed by atoms with van der Waals surface area (Å²) in [7, 11) is 0. The van der Waals surface area contributed by atoms with Gasteiger partial charge < -0.3 is 26.6 Å². The molecule has 0 radical (unpaired) electrons. The highest BCUT2D eigenvalue weighted by Gasteiger charge is 2.44. The van der Waals surface area contributed by atoms with E-state index >= 15 is 0 Å². The Hall–Kier alpha value is -5.90. The average Bonchev–Trinajstić information content (AvgIpc) is 3.95. The monoisotopic (exact) mass is 791 g/mol. The van der Waals surface area contributed by atoms with Gasteiger partial charge in [-0.25, -0.2) is 9.97 Å². The van der Waals surface area contributed by atoms with Crippen LogP contribution in [-0.2, 0) is 14.4 Å². The molecule has 0 spiro atoms. The highest BCUT2D eigenvalue weighted by atomic mass is 32.1. The van der Waals surface area contributed by atoms with E-state index in [1.165, 1.54) is 0 Å². The molecule has 4 aromatic rings. The summed E-state index contributed by atoms with van der Waals surface area (Å²) in [6.45, 7) is 0.978. The minimum Gasteiger partial charge on any atom is -0.385 e. The Kier molecular flexibility index (Phi) is 11.1. The number of thiazole rings is 1. The Bertz CT molecular complexity index is 2230. The molecule has 57 heavy (non-hydrogen) atoms. The van der Waals surface area contributed by atoms with Crippen LogP contribution in [0, 0.1) is 5.92 Å². The zero-order valence-electron chi connectivity index (χ0n) is 31.4. The normalized spacial score (nSPS) is 21.0. The lowest BCUT2D eigenvalue weighted by Crippen LogP contribution is -2.54. The van der Waals surface area contributed by atoms with E-state index in [0.29, 0.717) is 68.3 Å². The molecule has 2 aromatic carbocycles. The number of anilines is 4. The summed E-state index contributed by atoms with van der Waals surface area (Å²) in [4.78, 5) is 86.5. The highest BCUT2D eigenvalue weighted by molar-refractivity contribution is 7.16. The number of imide groups is 2. The van der Waals surface area contributed by atoms with E-state index in [0.717, 1.165) is 52.2 Å². The Morgan fingerprint density at radius 2 is 1.61 bits per heavy atom. The Morgan fingerprint density at radius 1 is 0.825 bits per heavy atom. The Labute approximate surface area is 333 Å². The van der Waals surface area contributed by atoms with Crippen LogP contribution in [0.1, 0.15) is 102 Å². The molecule has 2 aliphatic carbocycles. The molecule has 3 fully saturated rings. The maximum atomic E-state index is 13.6. The molecule has 1 atom stereocenters. The van der Waals surface area contributed by atoms with Crippen molar-refractivity contribution in [2.45, 2.75) is 88.8 Å². The van der Waals surface area contributed by atoms with Crippen molar-refractivity contribution in [3.63, 3.8) is 0 Å². The van der Waals surface area contributed by atoms with E-state index in [9.17, 15) is 28.8 Å². The Morgan fingerprint density at radius 3 is 2.42 bits per heavy atom. The predicted molar refractivity (Wildman–Crippen MR) is 215 cm³/mol. The van der Waals surface area contributed by atoms with Crippen molar-refractivity contribution in [3.8, 4) is 0 Å². The number of aromatic nitrogens is 2. The molecule has 16 heteroatoms. The van der Waals surface area contributed by atoms with Gasteiger partial charge in [-0.3, -0.25) is 39.0 Å². The number of pyridine rings is 1. The lowest BCUT2D eigenvalue weighted by Gasteiger charge is -2.29. The first-order chi connectivity index (χ1) is 27.7. The molecule has 4 aliphatic rings. The molecule has 296 valence electrons. The van der Waals surface area contributed by atoms with Crippen molar-refractivity contribution in [3.05, 3.63) is 70.9 Å². The quantitative estimate of drug-likeness (QED) is 0.0777. The summed E-state index contributed by atoms with van der Waals surface area (Å²) in [6.07, 6.45) is 9.62. The van der Waals surface area contributed by atoms with Gasteiger partial charge in [-0.1, -0.05) is 12.8 Å². The average molecular weight is 792 g/mol. The van der Waals surface area contributed by atoms with Gasteiger partial charge in [0, 0.05) is 61.1 Å². The number of nitrogens with one attached hydrogen (secondary N) is 6. The molecule has 4 heterocycles. The van der Waals surface area contributed by atoms with Crippen LogP contribution in [-0.4, -0.2) is 81.5 Å². The van der Waals surface area contributed by atoms with Crippen LogP contribution in [0.5, 0.6) is 0 Å². The number of rotatable bonds is 13. The number of amides is 6. The SMILES string of the molecule is O=C1CCC(N2C(=O)c3ccc(NCCCNC(=O)C4CCC(NC(=O)c5cnc(Nc6ccc7ncsc7c6)cc5NC5CCCC5)CC4)cc3C2=O)C(=O)N1. The maximum absolute atomic E-state index is 13.6. The van der Waals surface area contributed by atoms with Gasteiger partial charge in [0.1, 0.15) is 11.9 Å². The third kappa shape index (κ3) is 8.45. The summed E-state index contributed by atoms with van der Waals surface area (Å²) in [5, 5.41) is 18.7. The number of piperidine rings is 1. The van der Waals surface area contributed by atoms with Crippen molar-refractivity contribution >= 4 is 79.9 Å². The number of fused-ring (bicyclic) bond motifs is 2. The lowest BCUT2D eigenvalue weighted by molar-refractivity contribution is -0.136. The van der Waals surface area contributed by atoms with Gasteiger partial charge in [0.05, 0.1) is 38.1 Å². The topological polar surface area (TPSA) is 204 Å². The van der Waals surface area contributed by atoms with Crippen molar-refractivity contribution in [2.75, 3.05) is 29.0 Å². The molecule has 6 N–H and O–H groups in total. The fourth-order valence-corrected chi connectivity index (χ4v) is 8.93. The smallest absolute Gasteiger partial charge is 0.262 e. The fraction of sp³-hybridized carbons (Fsp3) is 0.415. The minimum atomic E-state index is -1.01. The molecular weight excluding hydrogens is 747 g/mol. The molecule has 1 unspecified atom stereocenters. The zero-order valence-corrected chi connectivity index (χ0v) is 32.2. The van der Waals surface area contributed by atoms with Gasteiger partial charge in [0.15, 0.2) is 0 Å². The van der Waals surface area contributed by atoms with Crippen LogP contribution in [0.2, 0.25) is 0 Å². The molecule has 1 saturated heterocycles. The number of carbonyl (C=O) groups is 6. The third-order valence-corrected chi connectivity index (χ3v) is 12.1. The molecule has 2 aromatic heterocycles. The van der Waals surface area contributed by atoms with Crippen LogP contribution in [0.25, 0.3) is 10.2 Å². The van der Waals surface area contributed by atoms with Crippen molar-refractivity contribution in [1.29, 1.82) is 0 Å². The minimum absolute atomic E-state index is 0.000197. The molecule has 0 bridgehead atoms. The first kappa shape index (κ1) is 38.0. The maximum Gasteiger partial charge on any atom is 0.262 e. The van der Waals surface area contributed by atoms with Crippen LogP contribution < -0.4 is 31.9 Å². The number of nitrogens with zero attached hydrogens (tertiary/aromatic N) is 3. The molecule has 8 rings (SSSR count). The van der Waals surface area contributed by atoms with E-state index in [-0.39, 0.29) is 47.7 Å². The van der Waals surface area contributed by atoms with Crippen LogP contribution in [0.3, 0.4) is 0 Å². The molecule has 2 aliphatic heterocycles. The molecule has 15 nitrogen and oxygen atoms in total. The summed E-state index contributed by atoms with van der Waals surface area (Å²) < 4.78 is 1.08. The summed E-state index contributed by atoms with van der Waals surface area (Å²) >= 11 is 1.58. The lowest BCUT2D eigenvalue weighted by atomic mass is 9.85. The second kappa shape index (κ2) is 16.7. The van der Waals surface area contributed by atoms with Gasteiger partial charge in [-0.2, -0.15) is 0 Å². The Balaban J connectivity index is 0.783. The predicted octanol–water partition coefficient (Wildman–Crippen LogP) is 5.10. The van der Waals surface area contributed by atoms with Crippen LogP contribution >= 0.6 is 11.3 Å². The van der Waals surface area contributed by atoms with Crippen LogP contribution in [0.15, 0.2) is 54.2 Å². The second-order valence-corrected chi connectivity index (χ2v) is 16.1. The largest absolute Gasteiger partial charge is 0.385 e. The standard InChI is InChI=1S/C41H45N9O6S/c51-36-15-14-33(39(54)49-36)50-40(55)28-12-10-26(18-29(28)41(50)56)42-16-3-17-43-37(52)23-6-8-25(9-7-23)48-38(53)30-21-44-35(20-32(30)46-24-4-1-2-5-24)47-27-11-13-31-34(19-27)57-22-45-31/h10-13,18-25,33,42H,1-9,14-17H2,(H,43,52)(H,48,53)(H2,44,46,47)(H,49,51,54). The van der Waals surface area contributed by atoms with Crippen molar-refractivity contribution in [2.24, 2.45) is 5.92 Å². The summed E-state index contributed by atoms with van der Waals surface area (Å²) in [5.41, 5.74) is 6.01. The molecule has 2 saturated carbocycles. The highest BCUT2D eigenvalue weighted by Crippen LogP contribution is 2.32. The van der Waals surface area contributed by atoms with E-state index in [1.807, 2.05) is 29.8 Å². The van der Waals surface area contributed by atoms with Gasteiger partial charge >= 0.3 is 0 Å². The van der Waals surface area contributed by atoms with Gasteiger partial charge in [-0.15, -0.1) is 11.3 Å². The van der Waals surface area contributed by atoms with Gasteiger partial charge in [0.25, 0.3) is 17.7 Å².